The fourth-order valence-electron chi connectivity index (χ4n) is 1.85. The predicted molar refractivity (Wildman–Crippen MR) is 107 cm³/mol. The molecular formula is C22H23NO6Ti. The van der Waals surface area contributed by atoms with E-state index in [1.165, 1.54) is 0 Å². The van der Waals surface area contributed by atoms with Crippen LogP contribution in [0.25, 0.3) is 0 Å². The Kier molecular flexibility index (Phi) is 14.1. The number of nitrogens with zero attached hydrogens (tertiary/aromatic N) is 1. The van der Waals surface area contributed by atoms with Crippen molar-refractivity contribution in [2.45, 2.75) is 12.8 Å². The van der Waals surface area contributed by atoms with Crippen LogP contribution in [-0.4, -0.2) is 37.4 Å². The van der Waals surface area contributed by atoms with Crippen LogP contribution in [-0.2, 0) is 31.3 Å². The van der Waals surface area contributed by atoms with E-state index in [2.05, 4.69) is 0 Å². The molecule has 0 atom stereocenters. The van der Waals surface area contributed by atoms with E-state index < -0.39 is 11.8 Å². The fourth-order valence-corrected chi connectivity index (χ4v) is 1.85. The SMILES string of the molecule is O=C1CCC(=O)N1O.Oc1ccccc1.Oc1ccccc1.Oc1ccccc1.[Ti]. The van der Waals surface area contributed by atoms with Crippen molar-refractivity contribution in [3.05, 3.63) is 91.0 Å². The summed E-state index contributed by atoms with van der Waals surface area (Å²) in [6.07, 6.45) is 0.296. The molecule has 0 bridgehead atoms. The average molecular weight is 445 g/mol. The van der Waals surface area contributed by atoms with Crippen molar-refractivity contribution in [3.63, 3.8) is 0 Å². The number of carbonyl (C=O) groups is 2. The average Bonchev–Trinajstić information content (AvgIpc) is 3.02. The molecule has 30 heavy (non-hydrogen) atoms. The number of aromatic hydroxyl groups is 3. The van der Waals surface area contributed by atoms with Crippen LogP contribution in [0.1, 0.15) is 12.8 Å². The normalized spacial score (nSPS) is 11.4. The number of hydrogen-bond donors (Lipinski definition) is 4. The summed E-state index contributed by atoms with van der Waals surface area (Å²) in [6.45, 7) is 0. The Morgan fingerprint density at radius 3 is 0.867 bits per heavy atom. The van der Waals surface area contributed by atoms with Gasteiger partial charge in [-0.15, -0.1) is 0 Å². The zero-order valence-corrected chi connectivity index (χ0v) is 17.7. The van der Waals surface area contributed by atoms with E-state index in [9.17, 15) is 9.59 Å². The molecule has 0 spiro atoms. The third-order valence-corrected chi connectivity index (χ3v) is 3.29. The van der Waals surface area contributed by atoms with E-state index in [-0.39, 0.29) is 39.6 Å². The molecule has 0 saturated carbocycles. The van der Waals surface area contributed by atoms with E-state index in [0.29, 0.717) is 17.2 Å². The van der Waals surface area contributed by atoms with Gasteiger partial charge in [0.1, 0.15) is 17.2 Å². The third-order valence-electron chi connectivity index (χ3n) is 3.29. The quantitative estimate of drug-likeness (QED) is 0.238. The maximum Gasteiger partial charge on any atom is 0.253 e. The van der Waals surface area contributed by atoms with E-state index >= 15 is 0 Å². The molecule has 8 heteroatoms. The number of hydrogen-bond acceptors (Lipinski definition) is 6. The Morgan fingerprint density at radius 2 is 0.767 bits per heavy atom. The minimum atomic E-state index is -0.505. The second kappa shape index (κ2) is 15.8. The molecule has 0 unspecified atom stereocenters. The Bertz CT molecular complexity index is 742. The Morgan fingerprint density at radius 1 is 0.533 bits per heavy atom. The van der Waals surface area contributed by atoms with Gasteiger partial charge in [0.15, 0.2) is 0 Å². The van der Waals surface area contributed by atoms with Crippen LogP contribution < -0.4 is 0 Å². The molecule has 0 aliphatic carbocycles. The van der Waals surface area contributed by atoms with Gasteiger partial charge in [-0.25, -0.2) is 0 Å². The van der Waals surface area contributed by atoms with Crippen LogP contribution in [0.5, 0.6) is 17.2 Å². The van der Waals surface area contributed by atoms with E-state index in [0.717, 1.165) is 0 Å². The number of benzene rings is 3. The molecule has 156 valence electrons. The molecule has 7 nitrogen and oxygen atoms in total. The van der Waals surface area contributed by atoms with Gasteiger partial charge < -0.3 is 15.3 Å². The summed E-state index contributed by atoms with van der Waals surface area (Å²) in [6, 6.07) is 26.1. The Labute approximate surface area is 189 Å². The van der Waals surface area contributed by atoms with Crippen molar-refractivity contribution in [2.24, 2.45) is 0 Å². The molecule has 2 amide bonds. The summed E-state index contributed by atoms with van der Waals surface area (Å²) >= 11 is 0. The van der Waals surface area contributed by atoms with Gasteiger partial charge in [-0.05, 0) is 36.4 Å². The molecular weight excluding hydrogens is 422 g/mol. The number of para-hydroxylation sites is 3. The van der Waals surface area contributed by atoms with Gasteiger partial charge in [0, 0.05) is 34.6 Å². The number of hydroxylamine groups is 2. The molecule has 1 aliphatic rings. The molecule has 1 saturated heterocycles. The minimum Gasteiger partial charge on any atom is -0.508 e. The minimum absolute atomic E-state index is 0. The molecule has 1 fully saturated rings. The van der Waals surface area contributed by atoms with Crippen molar-refractivity contribution in [3.8, 4) is 17.2 Å². The second-order valence-electron chi connectivity index (χ2n) is 5.61. The van der Waals surface area contributed by atoms with E-state index in [1.807, 2.05) is 18.2 Å². The largest absolute Gasteiger partial charge is 0.508 e. The molecule has 0 aromatic heterocycles. The summed E-state index contributed by atoms with van der Waals surface area (Å²) in [5.74, 6) is -0.0440. The van der Waals surface area contributed by atoms with Gasteiger partial charge in [-0.1, -0.05) is 54.6 Å². The number of rotatable bonds is 0. The smallest absolute Gasteiger partial charge is 0.253 e. The molecule has 3 aromatic rings. The zero-order valence-electron chi connectivity index (χ0n) is 16.1. The summed E-state index contributed by atoms with van der Waals surface area (Å²) in [5.41, 5.74) is 0. The van der Waals surface area contributed by atoms with Gasteiger partial charge in [-0.3, -0.25) is 14.8 Å². The van der Waals surface area contributed by atoms with Gasteiger partial charge in [-0.2, -0.15) is 5.06 Å². The first kappa shape index (κ1) is 26.9. The molecule has 3 aromatic carbocycles. The molecule has 0 radical (unpaired) electrons. The Hall–Kier alpha value is -3.13. The molecule has 1 aliphatic heterocycles. The number of amides is 2. The van der Waals surface area contributed by atoms with Crippen molar-refractivity contribution in [1.82, 2.24) is 5.06 Å². The topological polar surface area (TPSA) is 118 Å². The summed E-state index contributed by atoms with van der Waals surface area (Å²) < 4.78 is 0. The maximum absolute atomic E-state index is 10.2. The predicted octanol–water partition coefficient (Wildman–Crippen LogP) is 3.70. The summed E-state index contributed by atoms with van der Waals surface area (Å²) in [7, 11) is 0. The first-order chi connectivity index (χ1) is 13.9. The second-order valence-corrected chi connectivity index (χ2v) is 5.61. The number of phenols is 3. The molecule has 4 N–H and O–H groups in total. The monoisotopic (exact) mass is 445 g/mol. The zero-order chi connectivity index (χ0) is 21.5. The van der Waals surface area contributed by atoms with Gasteiger partial charge in [0.25, 0.3) is 11.8 Å². The third kappa shape index (κ3) is 12.4. The summed E-state index contributed by atoms with van der Waals surface area (Å²) in [5, 5.41) is 34.5. The number of carbonyl (C=O) groups excluding carboxylic acids is 2. The summed E-state index contributed by atoms with van der Waals surface area (Å²) in [4.78, 5) is 20.5. The van der Waals surface area contributed by atoms with Crippen LogP contribution in [0.15, 0.2) is 91.0 Å². The van der Waals surface area contributed by atoms with Gasteiger partial charge in [0.2, 0.25) is 0 Å². The van der Waals surface area contributed by atoms with Crippen molar-refractivity contribution < 1.29 is 51.8 Å². The van der Waals surface area contributed by atoms with Crippen LogP contribution in [0.4, 0.5) is 0 Å². The number of imide groups is 1. The van der Waals surface area contributed by atoms with Crippen molar-refractivity contribution >= 4 is 11.8 Å². The van der Waals surface area contributed by atoms with Gasteiger partial charge >= 0.3 is 0 Å². The first-order valence-electron chi connectivity index (χ1n) is 8.67. The molecule has 1 heterocycles. The van der Waals surface area contributed by atoms with Crippen LogP contribution in [0.2, 0.25) is 0 Å². The van der Waals surface area contributed by atoms with Crippen molar-refractivity contribution in [1.29, 1.82) is 0 Å². The van der Waals surface area contributed by atoms with Crippen LogP contribution >= 0.6 is 0 Å². The van der Waals surface area contributed by atoms with Gasteiger partial charge in [0.05, 0.1) is 0 Å². The standard InChI is InChI=1S/3C6H6O.C4H5NO3.Ti/c3*7-6-4-2-1-3-5-6;6-3-1-2-4(7)5(3)8;/h3*1-5,7H;8H,1-2H2;. The van der Waals surface area contributed by atoms with Crippen LogP contribution in [0, 0.1) is 0 Å². The first-order valence-corrected chi connectivity index (χ1v) is 8.67. The number of phenolic OH excluding ortho intramolecular Hbond substituents is 3. The van der Waals surface area contributed by atoms with Crippen LogP contribution in [0.3, 0.4) is 0 Å². The fraction of sp³-hybridized carbons (Fsp3) is 0.0909. The van der Waals surface area contributed by atoms with E-state index in [1.54, 1.807) is 72.8 Å². The van der Waals surface area contributed by atoms with Crippen molar-refractivity contribution in [2.75, 3.05) is 0 Å². The Balaban J connectivity index is 0.000000370. The van der Waals surface area contributed by atoms with E-state index in [4.69, 9.17) is 20.5 Å². The maximum atomic E-state index is 10.2. The molecule has 4 rings (SSSR count).